The molecule has 0 saturated heterocycles. The topological polar surface area (TPSA) is 52.1 Å². The molecule has 0 saturated carbocycles. The standard InChI is InChI=1S/C19H17N3O2/c1-13-18(21-12-17(23)15-10-6-7-11-16(15)21)19(24)22(20(13)2)14-8-4-3-5-9-14/h3-12,23H,1-2H3. The van der Waals surface area contributed by atoms with Crippen molar-refractivity contribution in [3.05, 3.63) is 76.8 Å². The van der Waals surface area contributed by atoms with E-state index in [1.54, 1.807) is 15.4 Å². The lowest BCUT2D eigenvalue weighted by Crippen LogP contribution is -2.21. The van der Waals surface area contributed by atoms with E-state index in [0.717, 1.165) is 22.3 Å². The molecule has 0 amide bonds. The van der Waals surface area contributed by atoms with E-state index in [2.05, 4.69) is 0 Å². The van der Waals surface area contributed by atoms with Crippen molar-refractivity contribution in [1.82, 2.24) is 13.9 Å². The summed E-state index contributed by atoms with van der Waals surface area (Å²) >= 11 is 0. The number of nitrogens with zero attached hydrogens (tertiary/aromatic N) is 3. The summed E-state index contributed by atoms with van der Waals surface area (Å²) in [6.45, 7) is 1.90. The van der Waals surface area contributed by atoms with Crippen molar-refractivity contribution in [3.63, 3.8) is 0 Å². The summed E-state index contributed by atoms with van der Waals surface area (Å²) in [4.78, 5) is 13.1. The Kier molecular flexibility index (Phi) is 3.09. The number of hydrogen-bond donors (Lipinski definition) is 1. The van der Waals surface area contributed by atoms with Crippen LogP contribution < -0.4 is 5.56 Å². The Balaban J connectivity index is 2.05. The van der Waals surface area contributed by atoms with Crippen LogP contribution in [0, 0.1) is 6.92 Å². The molecule has 0 aliphatic heterocycles. The molecule has 0 bridgehead atoms. The minimum absolute atomic E-state index is 0.123. The van der Waals surface area contributed by atoms with Gasteiger partial charge in [-0.1, -0.05) is 30.3 Å². The maximum atomic E-state index is 13.1. The summed E-state index contributed by atoms with van der Waals surface area (Å²) in [6.07, 6.45) is 1.60. The van der Waals surface area contributed by atoms with Crippen LogP contribution in [0.4, 0.5) is 0 Å². The van der Waals surface area contributed by atoms with Gasteiger partial charge in [0.1, 0.15) is 11.4 Å². The molecule has 2 heterocycles. The minimum Gasteiger partial charge on any atom is -0.506 e. The van der Waals surface area contributed by atoms with E-state index in [0.29, 0.717) is 5.69 Å². The molecule has 0 fully saturated rings. The van der Waals surface area contributed by atoms with Gasteiger partial charge in [-0.2, -0.15) is 0 Å². The third kappa shape index (κ3) is 1.91. The SMILES string of the molecule is Cc1c(-n2cc(O)c3ccccc32)c(=O)n(-c2ccccc2)n1C. The quantitative estimate of drug-likeness (QED) is 0.617. The Morgan fingerprint density at radius 1 is 0.958 bits per heavy atom. The molecule has 0 spiro atoms. The van der Waals surface area contributed by atoms with Crippen LogP contribution in [0.3, 0.4) is 0 Å². The van der Waals surface area contributed by atoms with Gasteiger partial charge in [-0.3, -0.25) is 9.48 Å². The van der Waals surface area contributed by atoms with Gasteiger partial charge >= 0.3 is 0 Å². The van der Waals surface area contributed by atoms with Crippen molar-refractivity contribution in [3.8, 4) is 17.1 Å². The third-order valence-corrected chi connectivity index (χ3v) is 4.46. The van der Waals surface area contributed by atoms with Crippen molar-refractivity contribution in [2.24, 2.45) is 7.05 Å². The zero-order valence-corrected chi connectivity index (χ0v) is 13.5. The fourth-order valence-electron chi connectivity index (χ4n) is 3.18. The molecule has 2 aromatic carbocycles. The summed E-state index contributed by atoms with van der Waals surface area (Å²) in [5, 5.41) is 10.9. The van der Waals surface area contributed by atoms with E-state index in [9.17, 15) is 9.90 Å². The number of para-hydroxylation sites is 2. The van der Waals surface area contributed by atoms with Crippen LogP contribution in [-0.4, -0.2) is 19.0 Å². The first-order valence-corrected chi connectivity index (χ1v) is 7.73. The molecule has 120 valence electrons. The molecule has 0 aliphatic carbocycles. The van der Waals surface area contributed by atoms with Gasteiger partial charge in [0.25, 0.3) is 5.56 Å². The molecule has 0 atom stereocenters. The molecule has 4 aromatic rings. The lowest BCUT2D eigenvalue weighted by atomic mass is 10.2. The molecule has 5 heteroatoms. The normalized spacial score (nSPS) is 11.2. The molecule has 5 nitrogen and oxygen atoms in total. The van der Waals surface area contributed by atoms with Crippen LogP contribution in [-0.2, 0) is 7.05 Å². The van der Waals surface area contributed by atoms with E-state index in [4.69, 9.17) is 0 Å². The molecular weight excluding hydrogens is 302 g/mol. The van der Waals surface area contributed by atoms with Crippen LogP contribution >= 0.6 is 0 Å². The van der Waals surface area contributed by atoms with Crippen molar-refractivity contribution in [1.29, 1.82) is 0 Å². The van der Waals surface area contributed by atoms with Gasteiger partial charge in [0, 0.05) is 12.4 Å². The van der Waals surface area contributed by atoms with Gasteiger partial charge in [-0.25, -0.2) is 4.68 Å². The Morgan fingerprint density at radius 3 is 2.38 bits per heavy atom. The highest BCUT2D eigenvalue weighted by Crippen LogP contribution is 2.29. The highest BCUT2D eigenvalue weighted by Gasteiger charge is 2.20. The Morgan fingerprint density at radius 2 is 1.62 bits per heavy atom. The lowest BCUT2D eigenvalue weighted by molar-refractivity contribution is 0.480. The third-order valence-electron chi connectivity index (χ3n) is 4.46. The average Bonchev–Trinajstić information content (AvgIpc) is 3.03. The first kappa shape index (κ1) is 14.4. The summed E-state index contributed by atoms with van der Waals surface area (Å²) in [5.74, 6) is 0.166. The monoisotopic (exact) mass is 319 g/mol. The van der Waals surface area contributed by atoms with Gasteiger partial charge in [0.05, 0.1) is 23.1 Å². The maximum Gasteiger partial charge on any atom is 0.295 e. The molecule has 0 radical (unpaired) electrons. The van der Waals surface area contributed by atoms with Crippen LogP contribution in [0.1, 0.15) is 5.69 Å². The van der Waals surface area contributed by atoms with Crippen molar-refractivity contribution < 1.29 is 5.11 Å². The summed E-state index contributed by atoms with van der Waals surface area (Å²) in [6, 6.07) is 17.0. The second-order valence-corrected chi connectivity index (χ2v) is 5.81. The second kappa shape index (κ2) is 5.16. The first-order chi connectivity index (χ1) is 11.6. The first-order valence-electron chi connectivity index (χ1n) is 7.73. The highest BCUT2D eigenvalue weighted by molar-refractivity contribution is 5.88. The van der Waals surface area contributed by atoms with Crippen molar-refractivity contribution in [2.45, 2.75) is 6.92 Å². The number of benzene rings is 2. The Bertz CT molecular complexity index is 1100. The predicted octanol–water partition coefficient (Wildman–Crippen LogP) is 3.13. The molecule has 0 unspecified atom stereocenters. The fourth-order valence-corrected chi connectivity index (χ4v) is 3.18. The smallest absolute Gasteiger partial charge is 0.295 e. The molecule has 1 N–H and O–H groups in total. The molecule has 2 aromatic heterocycles. The van der Waals surface area contributed by atoms with Gasteiger partial charge in [-0.05, 0) is 31.2 Å². The van der Waals surface area contributed by atoms with Gasteiger partial charge < -0.3 is 9.67 Å². The Hall–Kier alpha value is -3.21. The summed E-state index contributed by atoms with van der Waals surface area (Å²) in [5.41, 5.74) is 2.85. The van der Waals surface area contributed by atoms with Gasteiger partial charge in [0.2, 0.25) is 0 Å². The zero-order chi connectivity index (χ0) is 16.8. The van der Waals surface area contributed by atoms with E-state index >= 15 is 0 Å². The van der Waals surface area contributed by atoms with Crippen LogP contribution in [0.15, 0.2) is 65.6 Å². The predicted molar refractivity (Wildman–Crippen MR) is 94.2 cm³/mol. The Labute approximate surface area is 138 Å². The number of hydrogen-bond acceptors (Lipinski definition) is 2. The number of aromatic nitrogens is 3. The van der Waals surface area contributed by atoms with Crippen LogP contribution in [0.5, 0.6) is 5.75 Å². The molecule has 4 rings (SSSR count). The highest BCUT2D eigenvalue weighted by atomic mass is 16.3. The number of aromatic hydroxyl groups is 1. The number of fused-ring (bicyclic) bond motifs is 1. The van der Waals surface area contributed by atoms with Crippen molar-refractivity contribution in [2.75, 3.05) is 0 Å². The van der Waals surface area contributed by atoms with E-state index < -0.39 is 0 Å². The van der Waals surface area contributed by atoms with Crippen LogP contribution in [0.2, 0.25) is 0 Å². The van der Waals surface area contributed by atoms with Crippen molar-refractivity contribution >= 4 is 10.9 Å². The minimum atomic E-state index is -0.123. The molecule has 0 aliphatic rings. The summed E-state index contributed by atoms with van der Waals surface area (Å²) < 4.78 is 5.23. The zero-order valence-electron chi connectivity index (χ0n) is 13.5. The van der Waals surface area contributed by atoms with E-state index in [-0.39, 0.29) is 11.3 Å². The average molecular weight is 319 g/mol. The van der Waals surface area contributed by atoms with E-state index in [1.165, 1.54) is 0 Å². The number of rotatable bonds is 2. The van der Waals surface area contributed by atoms with Crippen LogP contribution in [0.25, 0.3) is 22.3 Å². The second-order valence-electron chi connectivity index (χ2n) is 5.81. The van der Waals surface area contributed by atoms with Gasteiger partial charge in [-0.15, -0.1) is 0 Å². The molecule has 24 heavy (non-hydrogen) atoms. The summed E-state index contributed by atoms with van der Waals surface area (Å²) in [7, 11) is 1.86. The molecular formula is C19H17N3O2. The lowest BCUT2D eigenvalue weighted by Gasteiger charge is -2.07. The largest absolute Gasteiger partial charge is 0.506 e. The maximum absolute atomic E-state index is 13.1. The van der Waals surface area contributed by atoms with E-state index in [1.807, 2.05) is 73.3 Å². The van der Waals surface area contributed by atoms with Gasteiger partial charge in [0.15, 0.2) is 0 Å². The fraction of sp³-hybridized carbons (Fsp3) is 0.105.